The Labute approximate surface area is 118 Å². The van der Waals surface area contributed by atoms with E-state index in [1.165, 1.54) is 4.90 Å². The molecule has 0 saturated carbocycles. The van der Waals surface area contributed by atoms with Gasteiger partial charge in [-0.1, -0.05) is 18.2 Å². The molecule has 0 aliphatic heterocycles. The number of ether oxygens (including phenoxy) is 1. The van der Waals surface area contributed by atoms with Gasteiger partial charge in [-0.05, 0) is 13.0 Å². The normalized spacial score (nSPS) is 9.95. The Balaban J connectivity index is 2.59. The van der Waals surface area contributed by atoms with Gasteiger partial charge >= 0.3 is 0 Å². The van der Waals surface area contributed by atoms with Gasteiger partial charge in [-0.3, -0.25) is 9.59 Å². The number of hydrogen-bond acceptors (Lipinski definition) is 4. The van der Waals surface area contributed by atoms with Crippen molar-refractivity contribution in [3.63, 3.8) is 0 Å². The van der Waals surface area contributed by atoms with Crippen molar-refractivity contribution < 1.29 is 14.3 Å². The minimum atomic E-state index is -0.346. The highest BCUT2D eigenvalue weighted by Crippen LogP contribution is 2.19. The Kier molecular flexibility index (Phi) is 6.52. The lowest BCUT2D eigenvalue weighted by atomic mass is 10.2. The molecule has 1 aromatic carbocycles. The first-order chi connectivity index (χ1) is 9.58. The zero-order valence-corrected chi connectivity index (χ0v) is 11.9. The third kappa shape index (κ3) is 4.89. The van der Waals surface area contributed by atoms with Crippen LogP contribution < -0.4 is 15.8 Å². The Hall–Kier alpha value is -2.08. The smallest absolute Gasteiger partial charge is 0.242 e. The van der Waals surface area contributed by atoms with Gasteiger partial charge in [0, 0.05) is 19.2 Å². The van der Waals surface area contributed by atoms with Crippen LogP contribution in [-0.2, 0) is 16.1 Å². The standard InChI is InChI=1S/C14H21N3O3/c1-3-20-12-7-5-4-6-11(12)10-17(2)14(19)9-16-13(18)8-15/h4-7H,3,8-10,15H2,1-2H3,(H,16,18). The van der Waals surface area contributed by atoms with Gasteiger partial charge in [0.2, 0.25) is 11.8 Å². The highest BCUT2D eigenvalue weighted by Gasteiger charge is 2.12. The fraction of sp³-hybridized carbons (Fsp3) is 0.429. The molecule has 2 amide bonds. The summed E-state index contributed by atoms with van der Waals surface area (Å²) in [6.07, 6.45) is 0. The number of benzene rings is 1. The molecule has 1 aromatic rings. The van der Waals surface area contributed by atoms with Gasteiger partial charge in [0.05, 0.1) is 19.7 Å². The van der Waals surface area contributed by atoms with E-state index in [9.17, 15) is 9.59 Å². The molecular weight excluding hydrogens is 258 g/mol. The predicted octanol–water partition coefficient (Wildman–Crippen LogP) is 0.119. The number of rotatable bonds is 7. The Morgan fingerprint density at radius 1 is 1.35 bits per heavy atom. The quantitative estimate of drug-likeness (QED) is 0.742. The van der Waals surface area contributed by atoms with Crippen LogP contribution in [0.5, 0.6) is 5.75 Å². The molecule has 0 radical (unpaired) electrons. The van der Waals surface area contributed by atoms with Crippen molar-refractivity contribution in [2.45, 2.75) is 13.5 Å². The van der Waals surface area contributed by atoms with E-state index in [0.29, 0.717) is 13.2 Å². The maximum atomic E-state index is 11.9. The molecule has 0 aliphatic carbocycles. The fourth-order valence-electron chi connectivity index (χ4n) is 1.66. The van der Waals surface area contributed by atoms with Crippen LogP contribution >= 0.6 is 0 Å². The summed E-state index contributed by atoms with van der Waals surface area (Å²) in [5.41, 5.74) is 6.08. The first-order valence-corrected chi connectivity index (χ1v) is 6.50. The van der Waals surface area contributed by atoms with Gasteiger partial charge < -0.3 is 20.7 Å². The third-order valence-corrected chi connectivity index (χ3v) is 2.73. The van der Waals surface area contributed by atoms with Crippen molar-refractivity contribution in [3.8, 4) is 5.75 Å². The predicted molar refractivity (Wildman–Crippen MR) is 76.1 cm³/mol. The van der Waals surface area contributed by atoms with Crippen LogP contribution in [0.4, 0.5) is 0 Å². The minimum absolute atomic E-state index is 0.0522. The molecule has 1 rings (SSSR count). The van der Waals surface area contributed by atoms with Gasteiger partial charge in [0.1, 0.15) is 5.75 Å². The van der Waals surface area contributed by atoms with Crippen molar-refractivity contribution in [2.24, 2.45) is 5.73 Å². The number of nitrogens with zero attached hydrogens (tertiary/aromatic N) is 1. The first-order valence-electron chi connectivity index (χ1n) is 6.50. The second kappa shape index (κ2) is 8.16. The molecule has 6 heteroatoms. The number of para-hydroxylation sites is 1. The van der Waals surface area contributed by atoms with Gasteiger partial charge in [-0.25, -0.2) is 0 Å². The van der Waals surface area contributed by atoms with E-state index in [2.05, 4.69) is 5.32 Å². The lowest BCUT2D eigenvalue weighted by Crippen LogP contribution is -2.40. The zero-order valence-electron chi connectivity index (χ0n) is 11.9. The summed E-state index contributed by atoms with van der Waals surface area (Å²) >= 11 is 0. The van der Waals surface area contributed by atoms with Crippen molar-refractivity contribution in [3.05, 3.63) is 29.8 Å². The lowest BCUT2D eigenvalue weighted by Gasteiger charge is -2.19. The highest BCUT2D eigenvalue weighted by molar-refractivity contribution is 5.85. The minimum Gasteiger partial charge on any atom is -0.494 e. The van der Waals surface area contributed by atoms with E-state index in [-0.39, 0.29) is 24.9 Å². The monoisotopic (exact) mass is 279 g/mol. The number of likely N-dealkylation sites (N-methyl/N-ethyl adjacent to an activating group) is 1. The number of carbonyl (C=O) groups is 2. The molecule has 0 saturated heterocycles. The van der Waals surface area contributed by atoms with Gasteiger partial charge in [-0.15, -0.1) is 0 Å². The maximum absolute atomic E-state index is 11.9. The number of amides is 2. The van der Waals surface area contributed by atoms with Crippen LogP contribution in [0.15, 0.2) is 24.3 Å². The van der Waals surface area contributed by atoms with E-state index in [1.807, 2.05) is 31.2 Å². The first kappa shape index (κ1) is 16.0. The summed E-state index contributed by atoms with van der Waals surface area (Å²) in [6.45, 7) is 2.73. The molecule has 0 aromatic heterocycles. The van der Waals surface area contributed by atoms with E-state index < -0.39 is 0 Å². The summed E-state index contributed by atoms with van der Waals surface area (Å²) in [5.74, 6) is 0.236. The van der Waals surface area contributed by atoms with Crippen LogP contribution in [0.2, 0.25) is 0 Å². The van der Waals surface area contributed by atoms with Crippen molar-refractivity contribution in [1.29, 1.82) is 0 Å². The third-order valence-electron chi connectivity index (χ3n) is 2.73. The van der Waals surface area contributed by atoms with Crippen LogP contribution in [0.25, 0.3) is 0 Å². The van der Waals surface area contributed by atoms with Gasteiger partial charge in [-0.2, -0.15) is 0 Å². The highest BCUT2D eigenvalue weighted by atomic mass is 16.5. The summed E-state index contributed by atoms with van der Waals surface area (Å²) in [6, 6.07) is 7.56. The molecule has 0 unspecified atom stereocenters. The second-order valence-electron chi connectivity index (χ2n) is 4.27. The number of carbonyl (C=O) groups excluding carboxylic acids is 2. The molecule has 0 atom stereocenters. The maximum Gasteiger partial charge on any atom is 0.242 e. The molecule has 20 heavy (non-hydrogen) atoms. The van der Waals surface area contributed by atoms with Crippen LogP contribution in [0, 0.1) is 0 Å². The fourth-order valence-corrected chi connectivity index (χ4v) is 1.66. The van der Waals surface area contributed by atoms with E-state index in [1.54, 1.807) is 7.05 Å². The molecular formula is C14H21N3O3. The topological polar surface area (TPSA) is 84.7 Å². The van der Waals surface area contributed by atoms with Crippen molar-refractivity contribution in [1.82, 2.24) is 10.2 Å². The van der Waals surface area contributed by atoms with E-state index in [4.69, 9.17) is 10.5 Å². The van der Waals surface area contributed by atoms with E-state index >= 15 is 0 Å². The molecule has 0 spiro atoms. The number of hydrogen-bond donors (Lipinski definition) is 2. The average molecular weight is 279 g/mol. The zero-order chi connectivity index (χ0) is 15.0. The Morgan fingerprint density at radius 3 is 2.70 bits per heavy atom. The summed E-state index contributed by atoms with van der Waals surface area (Å²) in [5, 5.41) is 2.45. The molecule has 0 aliphatic rings. The lowest BCUT2D eigenvalue weighted by molar-refractivity contribution is -0.131. The second-order valence-corrected chi connectivity index (χ2v) is 4.27. The van der Waals surface area contributed by atoms with Gasteiger partial charge in [0.25, 0.3) is 0 Å². The molecule has 0 bridgehead atoms. The molecule has 0 heterocycles. The van der Waals surface area contributed by atoms with Crippen LogP contribution in [0.3, 0.4) is 0 Å². The largest absolute Gasteiger partial charge is 0.494 e. The molecule has 0 fully saturated rings. The Morgan fingerprint density at radius 2 is 2.05 bits per heavy atom. The van der Waals surface area contributed by atoms with Crippen molar-refractivity contribution in [2.75, 3.05) is 26.7 Å². The number of nitrogens with two attached hydrogens (primary N) is 1. The summed E-state index contributed by atoms with van der Waals surface area (Å²) in [7, 11) is 1.68. The van der Waals surface area contributed by atoms with Crippen LogP contribution in [-0.4, -0.2) is 43.5 Å². The van der Waals surface area contributed by atoms with Crippen molar-refractivity contribution >= 4 is 11.8 Å². The number of nitrogens with one attached hydrogen (secondary N) is 1. The summed E-state index contributed by atoms with van der Waals surface area (Å²) in [4.78, 5) is 24.4. The Bertz CT molecular complexity index is 463. The molecule has 110 valence electrons. The molecule has 6 nitrogen and oxygen atoms in total. The van der Waals surface area contributed by atoms with E-state index in [0.717, 1.165) is 11.3 Å². The van der Waals surface area contributed by atoms with Crippen LogP contribution in [0.1, 0.15) is 12.5 Å². The average Bonchev–Trinajstić information content (AvgIpc) is 2.46. The van der Waals surface area contributed by atoms with Gasteiger partial charge in [0.15, 0.2) is 0 Å². The molecule has 3 N–H and O–H groups in total. The SMILES string of the molecule is CCOc1ccccc1CN(C)C(=O)CNC(=O)CN. The summed E-state index contributed by atoms with van der Waals surface area (Å²) < 4.78 is 5.51.